The first-order chi connectivity index (χ1) is 9.37. The van der Waals surface area contributed by atoms with E-state index >= 15 is 0 Å². The van der Waals surface area contributed by atoms with Crippen LogP contribution in [-0.2, 0) is 4.74 Å². The fraction of sp³-hybridized carbons (Fsp3) is 0.533. The Morgan fingerprint density at radius 2 is 2.05 bits per heavy atom. The van der Waals surface area contributed by atoms with Crippen molar-refractivity contribution in [1.82, 2.24) is 10.6 Å². The third kappa shape index (κ3) is 3.96. The summed E-state index contributed by atoms with van der Waals surface area (Å²) < 4.78 is 6.40. The normalized spacial score (nSPS) is 22.6. The van der Waals surface area contributed by atoms with E-state index in [0.29, 0.717) is 0 Å². The number of alkyl carbamates (subject to hydrolysis) is 1. The van der Waals surface area contributed by atoms with Gasteiger partial charge in [0.15, 0.2) is 0 Å². The van der Waals surface area contributed by atoms with Crippen LogP contribution in [0.25, 0.3) is 0 Å². The summed E-state index contributed by atoms with van der Waals surface area (Å²) in [6.45, 7) is 7.20. The third-order valence-electron chi connectivity index (χ3n) is 3.22. The minimum absolute atomic E-state index is 0.0450. The number of nitrogens with one attached hydrogen (secondary N) is 2. The first-order valence-electron chi connectivity index (χ1n) is 6.81. The molecule has 1 aliphatic heterocycles. The van der Waals surface area contributed by atoms with Gasteiger partial charge in [0.25, 0.3) is 0 Å². The Balaban J connectivity index is 2.05. The SMILES string of the molecule is CC(C)(C)OC(=O)N[C@H]1CNC[C@@H]1c1ccccc1Br. The zero-order valence-corrected chi connectivity index (χ0v) is 13.7. The van der Waals surface area contributed by atoms with Crippen LogP contribution in [0, 0.1) is 0 Å². The van der Waals surface area contributed by atoms with Crippen LogP contribution in [0.1, 0.15) is 32.3 Å². The lowest BCUT2D eigenvalue weighted by molar-refractivity contribution is 0.0504. The van der Waals surface area contributed by atoms with Gasteiger partial charge in [0.1, 0.15) is 5.60 Å². The maximum Gasteiger partial charge on any atom is 0.407 e. The van der Waals surface area contributed by atoms with Crippen molar-refractivity contribution in [2.24, 2.45) is 0 Å². The van der Waals surface area contributed by atoms with Gasteiger partial charge in [0.2, 0.25) is 0 Å². The van der Waals surface area contributed by atoms with Crippen LogP contribution in [0.15, 0.2) is 28.7 Å². The summed E-state index contributed by atoms with van der Waals surface area (Å²) in [5, 5.41) is 6.29. The van der Waals surface area contributed by atoms with Crippen molar-refractivity contribution in [3.63, 3.8) is 0 Å². The lowest BCUT2D eigenvalue weighted by Gasteiger charge is -2.24. The Morgan fingerprint density at radius 1 is 1.35 bits per heavy atom. The Kier molecular flexibility index (Phi) is 4.70. The number of hydrogen-bond donors (Lipinski definition) is 2. The van der Waals surface area contributed by atoms with E-state index in [1.807, 2.05) is 39.0 Å². The van der Waals surface area contributed by atoms with Crippen molar-refractivity contribution < 1.29 is 9.53 Å². The second kappa shape index (κ2) is 6.14. The molecule has 1 heterocycles. The Labute approximate surface area is 128 Å². The maximum atomic E-state index is 11.9. The molecule has 1 amide bonds. The second-order valence-corrected chi connectivity index (χ2v) is 6.89. The minimum atomic E-state index is -0.473. The van der Waals surface area contributed by atoms with Gasteiger partial charge >= 0.3 is 6.09 Å². The van der Waals surface area contributed by atoms with Gasteiger partial charge in [-0.2, -0.15) is 0 Å². The Bertz CT molecular complexity index is 485. The third-order valence-corrected chi connectivity index (χ3v) is 3.94. The van der Waals surface area contributed by atoms with Gasteiger partial charge in [-0.05, 0) is 32.4 Å². The van der Waals surface area contributed by atoms with Gasteiger partial charge in [0.05, 0.1) is 6.04 Å². The molecule has 1 aromatic carbocycles. The first-order valence-corrected chi connectivity index (χ1v) is 7.61. The van der Waals surface area contributed by atoms with Gasteiger partial charge in [-0.1, -0.05) is 34.1 Å². The smallest absolute Gasteiger partial charge is 0.407 e. The van der Waals surface area contributed by atoms with Crippen LogP contribution in [0.2, 0.25) is 0 Å². The van der Waals surface area contributed by atoms with E-state index in [2.05, 4.69) is 32.6 Å². The van der Waals surface area contributed by atoms with E-state index in [1.54, 1.807) is 0 Å². The van der Waals surface area contributed by atoms with Crippen LogP contribution in [0.5, 0.6) is 0 Å². The number of rotatable bonds is 2. The molecule has 1 saturated heterocycles. The average molecular weight is 341 g/mol. The molecule has 0 saturated carbocycles. The molecule has 0 bridgehead atoms. The maximum absolute atomic E-state index is 11.9. The predicted octanol–water partition coefficient (Wildman–Crippen LogP) is 3.03. The quantitative estimate of drug-likeness (QED) is 0.869. The number of carbonyl (C=O) groups excluding carboxylic acids is 1. The van der Waals surface area contributed by atoms with Crippen LogP contribution in [0.3, 0.4) is 0 Å². The fourth-order valence-electron chi connectivity index (χ4n) is 2.39. The van der Waals surface area contributed by atoms with Gasteiger partial charge < -0.3 is 15.4 Å². The number of halogens is 1. The molecule has 1 aliphatic rings. The van der Waals surface area contributed by atoms with Crippen LogP contribution >= 0.6 is 15.9 Å². The second-order valence-electron chi connectivity index (χ2n) is 6.04. The van der Waals surface area contributed by atoms with Crippen LogP contribution in [0.4, 0.5) is 4.79 Å². The number of ether oxygens (including phenoxy) is 1. The number of benzene rings is 1. The van der Waals surface area contributed by atoms with Crippen molar-refractivity contribution in [3.05, 3.63) is 34.3 Å². The lowest BCUT2D eigenvalue weighted by Crippen LogP contribution is -2.42. The highest BCUT2D eigenvalue weighted by Crippen LogP contribution is 2.29. The highest BCUT2D eigenvalue weighted by Gasteiger charge is 2.32. The summed E-state index contributed by atoms with van der Waals surface area (Å²) in [5.74, 6) is 0.248. The predicted molar refractivity (Wildman–Crippen MR) is 82.9 cm³/mol. The molecule has 5 heteroatoms. The molecule has 2 N–H and O–H groups in total. The molecule has 20 heavy (non-hydrogen) atoms. The molecule has 0 radical (unpaired) electrons. The summed E-state index contributed by atoms with van der Waals surface area (Å²) >= 11 is 3.58. The van der Waals surface area contributed by atoms with Gasteiger partial charge in [-0.25, -0.2) is 4.79 Å². The minimum Gasteiger partial charge on any atom is -0.444 e. The van der Waals surface area contributed by atoms with E-state index in [4.69, 9.17) is 4.74 Å². The zero-order chi connectivity index (χ0) is 14.8. The van der Waals surface area contributed by atoms with Crippen molar-refractivity contribution in [2.75, 3.05) is 13.1 Å². The largest absolute Gasteiger partial charge is 0.444 e. The van der Waals surface area contributed by atoms with Crippen LogP contribution < -0.4 is 10.6 Å². The van der Waals surface area contributed by atoms with Gasteiger partial charge in [-0.15, -0.1) is 0 Å². The van der Waals surface area contributed by atoms with Gasteiger partial charge in [0, 0.05) is 23.5 Å². The number of amides is 1. The monoisotopic (exact) mass is 340 g/mol. The van der Waals surface area contributed by atoms with E-state index in [0.717, 1.165) is 17.6 Å². The average Bonchev–Trinajstić information content (AvgIpc) is 2.75. The summed E-state index contributed by atoms with van der Waals surface area (Å²) in [6, 6.07) is 8.17. The summed E-state index contributed by atoms with van der Waals surface area (Å²) in [6.07, 6.45) is -0.358. The molecule has 2 atom stereocenters. The van der Waals surface area contributed by atoms with Crippen molar-refractivity contribution >= 4 is 22.0 Å². The molecule has 4 nitrogen and oxygen atoms in total. The molecule has 1 aromatic rings. The summed E-state index contributed by atoms with van der Waals surface area (Å²) in [4.78, 5) is 11.9. The Hall–Kier alpha value is -1.07. The molecule has 0 aliphatic carbocycles. The van der Waals surface area contributed by atoms with Gasteiger partial charge in [-0.3, -0.25) is 0 Å². The number of carbonyl (C=O) groups is 1. The van der Waals surface area contributed by atoms with E-state index in [-0.39, 0.29) is 18.1 Å². The highest BCUT2D eigenvalue weighted by atomic mass is 79.9. The fourth-order valence-corrected chi connectivity index (χ4v) is 2.97. The molecule has 2 rings (SSSR count). The summed E-state index contributed by atoms with van der Waals surface area (Å²) in [7, 11) is 0. The number of hydrogen-bond acceptors (Lipinski definition) is 3. The highest BCUT2D eigenvalue weighted by molar-refractivity contribution is 9.10. The molecule has 0 unspecified atom stereocenters. The van der Waals surface area contributed by atoms with E-state index in [9.17, 15) is 4.79 Å². The van der Waals surface area contributed by atoms with Crippen molar-refractivity contribution in [2.45, 2.75) is 38.3 Å². The zero-order valence-electron chi connectivity index (χ0n) is 12.1. The molecular weight excluding hydrogens is 320 g/mol. The molecule has 110 valence electrons. The first kappa shape index (κ1) is 15.3. The summed E-state index contributed by atoms with van der Waals surface area (Å²) in [5.41, 5.74) is 0.734. The standard InChI is InChI=1S/C15H21BrN2O2/c1-15(2,3)20-14(19)18-13-9-17-8-11(13)10-6-4-5-7-12(10)16/h4-7,11,13,17H,8-9H2,1-3H3,(H,18,19)/t11-,13+/m1/s1. The van der Waals surface area contributed by atoms with Crippen LogP contribution in [-0.4, -0.2) is 30.8 Å². The molecule has 0 aromatic heterocycles. The topological polar surface area (TPSA) is 50.4 Å². The van der Waals surface area contributed by atoms with Crippen molar-refractivity contribution in [3.8, 4) is 0 Å². The lowest BCUT2D eigenvalue weighted by atomic mass is 9.94. The van der Waals surface area contributed by atoms with Crippen molar-refractivity contribution in [1.29, 1.82) is 0 Å². The molecule has 1 fully saturated rings. The van der Waals surface area contributed by atoms with E-state index < -0.39 is 5.60 Å². The van der Waals surface area contributed by atoms with E-state index in [1.165, 1.54) is 5.56 Å². The Morgan fingerprint density at radius 3 is 2.70 bits per heavy atom. The molecular formula is C15H21BrN2O2. The molecule has 0 spiro atoms.